The molecular weight excluding hydrogens is 249 g/mol. The Bertz CT molecular complexity index is 125. The van der Waals surface area contributed by atoms with Crippen LogP contribution in [0.1, 0.15) is 41.5 Å². The predicted octanol–water partition coefficient (Wildman–Crippen LogP) is 3.41. The van der Waals surface area contributed by atoms with Gasteiger partial charge in [0.15, 0.2) is 10.3 Å². The van der Waals surface area contributed by atoms with Crippen LogP contribution in [0.5, 0.6) is 0 Å². The van der Waals surface area contributed by atoms with E-state index in [4.69, 9.17) is 0 Å². The van der Waals surface area contributed by atoms with E-state index in [0.717, 1.165) is 0 Å². The van der Waals surface area contributed by atoms with E-state index in [2.05, 4.69) is 0 Å². The van der Waals surface area contributed by atoms with E-state index in [1.165, 1.54) is 0 Å². The van der Waals surface area contributed by atoms with Crippen molar-refractivity contribution in [2.45, 2.75) is 51.9 Å². The van der Waals surface area contributed by atoms with Gasteiger partial charge in [-0.25, -0.2) is 0 Å². The van der Waals surface area contributed by atoms with E-state index in [9.17, 15) is 4.57 Å². The third-order valence-electron chi connectivity index (χ3n) is 1.22. The maximum Gasteiger partial charge on any atom is 0.349 e. The standard InChI is InChI=1S/C8H18OP.Pd/c1-7(2,3)10(9)8(4,5)6;/h1-6H3;/q+1;. The first-order valence-corrected chi connectivity index (χ1v) is 4.89. The normalized spacial score (nSPS) is 12.2. The zero-order chi connectivity index (χ0) is 8.58. The number of hydrogen-bond donors (Lipinski definition) is 0. The van der Waals surface area contributed by atoms with Gasteiger partial charge >= 0.3 is 7.80 Å². The molecule has 11 heavy (non-hydrogen) atoms. The van der Waals surface area contributed by atoms with E-state index in [1.54, 1.807) is 0 Å². The van der Waals surface area contributed by atoms with Crippen molar-refractivity contribution >= 4 is 7.80 Å². The molecule has 0 aliphatic heterocycles. The Hall–Kier alpha value is 0.762. The summed E-state index contributed by atoms with van der Waals surface area (Å²) < 4.78 is 11.6. The second-order valence-corrected chi connectivity index (χ2v) is 7.91. The molecule has 0 amide bonds. The summed E-state index contributed by atoms with van der Waals surface area (Å²) in [5.41, 5.74) is 0. The molecule has 70 valence electrons. The molecule has 0 radical (unpaired) electrons. The Morgan fingerprint density at radius 2 is 1.00 bits per heavy atom. The van der Waals surface area contributed by atoms with Crippen molar-refractivity contribution in [1.82, 2.24) is 0 Å². The van der Waals surface area contributed by atoms with Crippen molar-refractivity contribution in [3.05, 3.63) is 0 Å². The van der Waals surface area contributed by atoms with Crippen LogP contribution in [-0.4, -0.2) is 10.3 Å². The fraction of sp³-hybridized carbons (Fsp3) is 1.00. The van der Waals surface area contributed by atoms with Crippen LogP contribution in [0.3, 0.4) is 0 Å². The Morgan fingerprint density at radius 1 is 0.818 bits per heavy atom. The van der Waals surface area contributed by atoms with Gasteiger partial charge in [-0.05, 0) is 41.5 Å². The second kappa shape index (κ2) is 4.13. The summed E-state index contributed by atoms with van der Waals surface area (Å²) in [6.07, 6.45) is 0. The molecule has 0 aliphatic rings. The van der Waals surface area contributed by atoms with Crippen molar-refractivity contribution in [3.63, 3.8) is 0 Å². The molecule has 0 N–H and O–H groups in total. The van der Waals surface area contributed by atoms with Gasteiger partial charge in [-0.15, -0.1) is 0 Å². The minimum Gasteiger partial charge on any atom is -0.0736 e. The number of hydrogen-bond acceptors (Lipinski definition) is 1. The molecule has 1 nitrogen and oxygen atoms in total. The van der Waals surface area contributed by atoms with Crippen molar-refractivity contribution in [3.8, 4) is 0 Å². The van der Waals surface area contributed by atoms with Crippen molar-refractivity contribution in [2.75, 3.05) is 0 Å². The monoisotopic (exact) mass is 267 g/mol. The molecular formula is C8H18OPPd+. The molecule has 0 aromatic rings. The molecule has 0 unspecified atom stereocenters. The molecule has 0 aromatic carbocycles. The first-order valence-electron chi connectivity index (χ1n) is 3.63. The van der Waals surface area contributed by atoms with Gasteiger partial charge < -0.3 is 0 Å². The zero-order valence-corrected chi connectivity index (χ0v) is 10.6. The topological polar surface area (TPSA) is 17.1 Å². The summed E-state index contributed by atoms with van der Waals surface area (Å²) >= 11 is 0. The van der Waals surface area contributed by atoms with E-state index >= 15 is 0 Å². The molecule has 0 spiro atoms. The number of rotatable bonds is 0. The second-order valence-electron chi connectivity index (χ2n) is 4.64. The SMILES string of the molecule is CC(C)(C)[P+](=O)C(C)(C)C.[Pd]. The van der Waals surface area contributed by atoms with Crippen LogP contribution in [0.15, 0.2) is 0 Å². The van der Waals surface area contributed by atoms with Gasteiger partial charge in [0, 0.05) is 20.4 Å². The first kappa shape index (κ1) is 14.3. The Morgan fingerprint density at radius 3 is 1.00 bits per heavy atom. The van der Waals surface area contributed by atoms with Gasteiger partial charge in [-0.1, -0.05) is 4.57 Å². The van der Waals surface area contributed by atoms with Crippen LogP contribution >= 0.6 is 7.80 Å². The third kappa shape index (κ3) is 5.07. The van der Waals surface area contributed by atoms with Crippen molar-refractivity contribution in [1.29, 1.82) is 0 Å². The molecule has 0 saturated heterocycles. The van der Waals surface area contributed by atoms with Crippen LogP contribution in [0, 0.1) is 0 Å². The molecule has 0 saturated carbocycles. The van der Waals surface area contributed by atoms with Gasteiger partial charge in [0.1, 0.15) is 0 Å². The Balaban J connectivity index is 0. The Labute approximate surface area is 84.8 Å². The molecule has 0 bridgehead atoms. The Kier molecular flexibility index (Phi) is 5.37. The van der Waals surface area contributed by atoms with Gasteiger partial charge in [-0.2, -0.15) is 0 Å². The fourth-order valence-corrected chi connectivity index (χ4v) is 3.02. The quantitative estimate of drug-likeness (QED) is 0.486. The average Bonchev–Trinajstić information content (AvgIpc) is 1.59. The summed E-state index contributed by atoms with van der Waals surface area (Å²) in [7, 11) is -1.11. The van der Waals surface area contributed by atoms with Gasteiger partial charge in [0.2, 0.25) is 0 Å². The minimum absolute atomic E-state index is 0. The summed E-state index contributed by atoms with van der Waals surface area (Å²) in [5.74, 6) is 0. The molecule has 0 fully saturated rings. The van der Waals surface area contributed by atoms with Gasteiger partial charge in [0.25, 0.3) is 0 Å². The predicted molar refractivity (Wildman–Crippen MR) is 47.1 cm³/mol. The van der Waals surface area contributed by atoms with E-state index in [0.29, 0.717) is 0 Å². The molecule has 0 heterocycles. The van der Waals surface area contributed by atoms with E-state index in [1.807, 2.05) is 41.5 Å². The summed E-state index contributed by atoms with van der Waals surface area (Å²) in [4.78, 5) is 0. The van der Waals surface area contributed by atoms with E-state index < -0.39 is 7.80 Å². The average molecular weight is 268 g/mol. The summed E-state index contributed by atoms with van der Waals surface area (Å²) in [5, 5.41) is -0.0961. The van der Waals surface area contributed by atoms with Crippen LogP contribution in [0.25, 0.3) is 0 Å². The summed E-state index contributed by atoms with van der Waals surface area (Å²) in [6, 6.07) is 0. The van der Waals surface area contributed by atoms with Crippen molar-refractivity contribution in [2.24, 2.45) is 0 Å². The summed E-state index contributed by atoms with van der Waals surface area (Å²) in [6.45, 7) is 12.1. The molecule has 3 heteroatoms. The molecule has 0 atom stereocenters. The maximum absolute atomic E-state index is 11.6. The van der Waals surface area contributed by atoms with Gasteiger partial charge in [-0.3, -0.25) is 0 Å². The van der Waals surface area contributed by atoms with Crippen LogP contribution in [-0.2, 0) is 25.0 Å². The van der Waals surface area contributed by atoms with E-state index in [-0.39, 0.29) is 30.7 Å². The van der Waals surface area contributed by atoms with Gasteiger partial charge in [0.05, 0.1) is 0 Å². The van der Waals surface area contributed by atoms with Crippen LogP contribution < -0.4 is 0 Å². The fourth-order valence-electron chi connectivity index (χ4n) is 1.01. The molecule has 0 aliphatic carbocycles. The van der Waals surface area contributed by atoms with Crippen LogP contribution in [0.4, 0.5) is 0 Å². The smallest absolute Gasteiger partial charge is 0.0736 e. The minimum atomic E-state index is -1.11. The zero-order valence-electron chi connectivity index (χ0n) is 8.17. The maximum atomic E-state index is 11.6. The largest absolute Gasteiger partial charge is 0.349 e. The third-order valence-corrected chi connectivity index (χ3v) is 3.66. The molecule has 0 rings (SSSR count). The van der Waals surface area contributed by atoms with Crippen LogP contribution in [0.2, 0.25) is 0 Å². The van der Waals surface area contributed by atoms with Crippen molar-refractivity contribution < 1.29 is 25.0 Å². The molecule has 0 aromatic heterocycles. The first-order chi connectivity index (χ1) is 4.15.